The van der Waals surface area contributed by atoms with Crippen molar-refractivity contribution < 1.29 is 9.47 Å². The average Bonchev–Trinajstić information content (AvgIpc) is 3.03. The highest BCUT2D eigenvalue weighted by Gasteiger charge is 2.28. The lowest BCUT2D eigenvalue weighted by molar-refractivity contribution is 0.360. The summed E-state index contributed by atoms with van der Waals surface area (Å²) >= 11 is 6.66. The molecule has 6 aromatic rings. The summed E-state index contributed by atoms with van der Waals surface area (Å²) < 4.78 is 13.1. The Morgan fingerprint density at radius 2 is 0.878 bits per heavy atom. The first-order valence-corrected chi connectivity index (χ1v) is 13.8. The van der Waals surface area contributed by atoms with Crippen molar-refractivity contribution in [1.29, 1.82) is 0 Å². The Hall–Kier alpha value is -5.19. The fourth-order valence-electron chi connectivity index (χ4n) is 5.11. The normalized spacial score (nSPS) is 11.4. The van der Waals surface area contributed by atoms with E-state index in [0.29, 0.717) is 28.0 Å². The van der Waals surface area contributed by atoms with Crippen LogP contribution in [0.4, 0.5) is 34.1 Å². The number of hydrogen-bond acceptors (Lipinski definition) is 4. The third kappa shape index (κ3) is 4.86. The Labute approximate surface area is 244 Å². The standard InChI is InChI=1S/C36H25ClN2O2/c37-26-23-32(39(29-17-9-3-10-18-29)30-19-11-4-12-20-30)36-35(24-26)40-33-22-21-31(25-34(33)41-36)38(27-13-5-1-6-14-27)28-15-7-2-8-16-28/h1-25H. The molecule has 41 heavy (non-hydrogen) atoms. The average molecular weight is 553 g/mol. The molecular formula is C36H25ClN2O2. The van der Waals surface area contributed by atoms with Gasteiger partial charge < -0.3 is 19.3 Å². The van der Waals surface area contributed by atoms with Gasteiger partial charge in [0, 0.05) is 39.9 Å². The molecule has 0 unspecified atom stereocenters. The van der Waals surface area contributed by atoms with E-state index < -0.39 is 0 Å². The number of halogens is 1. The quantitative estimate of drug-likeness (QED) is 0.205. The number of anilines is 6. The molecule has 0 aliphatic carbocycles. The lowest BCUT2D eigenvalue weighted by Crippen LogP contribution is -2.13. The van der Waals surface area contributed by atoms with Gasteiger partial charge in [-0.1, -0.05) is 84.4 Å². The zero-order valence-electron chi connectivity index (χ0n) is 22.0. The second kappa shape index (κ2) is 10.8. The zero-order valence-corrected chi connectivity index (χ0v) is 22.8. The number of benzene rings is 6. The second-order valence-corrected chi connectivity index (χ2v) is 10.0. The smallest absolute Gasteiger partial charge is 0.194 e. The van der Waals surface area contributed by atoms with Gasteiger partial charge >= 0.3 is 0 Å². The maximum absolute atomic E-state index is 6.70. The van der Waals surface area contributed by atoms with Crippen LogP contribution in [0.25, 0.3) is 0 Å². The first-order chi connectivity index (χ1) is 20.2. The minimum atomic E-state index is 0.554. The summed E-state index contributed by atoms with van der Waals surface area (Å²) in [4.78, 5) is 4.32. The van der Waals surface area contributed by atoms with Crippen LogP contribution in [0.3, 0.4) is 0 Å². The van der Waals surface area contributed by atoms with Crippen molar-refractivity contribution in [3.63, 3.8) is 0 Å². The van der Waals surface area contributed by atoms with Gasteiger partial charge in [0.15, 0.2) is 23.0 Å². The molecule has 0 amide bonds. The predicted molar refractivity (Wildman–Crippen MR) is 167 cm³/mol. The van der Waals surface area contributed by atoms with E-state index in [0.717, 1.165) is 34.1 Å². The van der Waals surface area contributed by atoms with Crippen LogP contribution in [-0.4, -0.2) is 0 Å². The number of para-hydroxylation sites is 4. The zero-order chi connectivity index (χ0) is 27.6. The molecule has 0 spiro atoms. The molecule has 0 bridgehead atoms. The van der Waals surface area contributed by atoms with Gasteiger partial charge in [-0.15, -0.1) is 0 Å². The van der Waals surface area contributed by atoms with E-state index in [9.17, 15) is 0 Å². The van der Waals surface area contributed by atoms with Gasteiger partial charge in [-0.05, 0) is 66.7 Å². The molecule has 7 rings (SSSR count). The van der Waals surface area contributed by atoms with E-state index in [1.54, 1.807) is 6.07 Å². The topological polar surface area (TPSA) is 24.9 Å². The Morgan fingerprint density at radius 3 is 1.39 bits per heavy atom. The Morgan fingerprint density at radius 1 is 0.390 bits per heavy atom. The fourth-order valence-corrected chi connectivity index (χ4v) is 5.31. The number of rotatable bonds is 6. The summed E-state index contributed by atoms with van der Waals surface area (Å²) in [6, 6.07) is 50.6. The van der Waals surface area contributed by atoms with Crippen molar-refractivity contribution in [3.05, 3.63) is 157 Å². The Balaban J connectivity index is 1.35. The molecule has 1 aliphatic rings. The molecule has 0 radical (unpaired) electrons. The molecule has 0 aromatic heterocycles. The van der Waals surface area contributed by atoms with Crippen LogP contribution in [0.1, 0.15) is 0 Å². The van der Waals surface area contributed by atoms with E-state index >= 15 is 0 Å². The minimum Gasteiger partial charge on any atom is -0.449 e. The summed E-state index contributed by atoms with van der Waals surface area (Å²) in [6.07, 6.45) is 0. The highest BCUT2D eigenvalue weighted by atomic mass is 35.5. The molecule has 0 fully saturated rings. The maximum Gasteiger partial charge on any atom is 0.194 e. The highest BCUT2D eigenvalue weighted by Crippen LogP contribution is 2.54. The highest BCUT2D eigenvalue weighted by molar-refractivity contribution is 6.31. The van der Waals surface area contributed by atoms with E-state index in [4.69, 9.17) is 21.1 Å². The van der Waals surface area contributed by atoms with Crippen molar-refractivity contribution in [2.45, 2.75) is 0 Å². The van der Waals surface area contributed by atoms with E-state index in [-0.39, 0.29) is 0 Å². The van der Waals surface area contributed by atoms with Gasteiger partial charge in [-0.3, -0.25) is 0 Å². The lowest BCUT2D eigenvalue weighted by atomic mass is 10.1. The van der Waals surface area contributed by atoms with Gasteiger partial charge in [0.1, 0.15) is 0 Å². The van der Waals surface area contributed by atoms with Crippen LogP contribution in [0.15, 0.2) is 152 Å². The third-order valence-electron chi connectivity index (χ3n) is 6.92. The third-order valence-corrected chi connectivity index (χ3v) is 7.13. The molecule has 4 nitrogen and oxygen atoms in total. The fraction of sp³-hybridized carbons (Fsp3) is 0. The van der Waals surface area contributed by atoms with Gasteiger partial charge in [0.2, 0.25) is 0 Å². The van der Waals surface area contributed by atoms with E-state index in [1.807, 2.05) is 97.1 Å². The summed E-state index contributed by atoms with van der Waals surface area (Å²) in [7, 11) is 0. The minimum absolute atomic E-state index is 0.554. The van der Waals surface area contributed by atoms with Gasteiger partial charge in [0.25, 0.3) is 0 Å². The van der Waals surface area contributed by atoms with Crippen LogP contribution < -0.4 is 19.3 Å². The summed E-state index contributed by atoms with van der Waals surface area (Å²) in [5, 5.41) is 0.554. The van der Waals surface area contributed by atoms with Crippen molar-refractivity contribution in [2.75, 3.05) is 9.80 Å². The number of fused-ring (bicyclic) bond motifs is 2. The molecule has 0 atom stereocenters. The number of hydrogen-bond donors (Lipinski definition) is 0. The Bertz CT molecular complexity index is 1720. The van der Waals surface area contributed by atoms with Crippen molar-refractivity contribution in [2.24, 2.45) is 0 Å². The molecule has 1 heterocycles. The molecule has 0 saturated carbocycles. The molecule has 198 valence electrons. The van der Waals surface area contributed by atoms with Crippen LogP contribution in [0.5, 0.6) is 23.0 Å². The van der Waals surface area contributed by atoms with Crippen LogP contribution in [0.2, 0.25) is 5.02 Å². The first kappa shape index (κ1) is 24.8. The van der Waals surface area contributed by atoms with Crippen molar-refractivity contribution in [3.8, 4) is 23.0 Å². The van der Waals surface area contributed by atoms with E-state index in [1.165, 1.54) is 0 Å². The Kier molecular flexibility index (Phi) is 6.51. The maximum atomic E-state index is 6.70. The van der Waals surface area contributed by atoms with E-state index in [2.05, 4.69) is 58.3 Å². The SMILES string of the molecule is Clc1cc2c(c(N(c3ccccc3)c3ccccc3)c1)Oc1cc(N(c3ccccc3)c3ccccc3)ccc1O2. The molecule has 5 heteroatoms. The number of ether oxygens (including phenoxy) is 2. The van der Waals surface area contributed by atoms with Gasteiger partial charge in [0.05, 0.1) is 11.4 Å². The summed E-state index contributed by atoms with van der Waals surface area (Å²) in [5.41, 5.74) is 5.78. The molecule has 1 aliphatic heterocycles. The predicted octanol–water partition coefficient (Wildman–Crippen LogP) is 11.2. The monoisotopic (exact) mass is 552 g/mol. The van der Waals surface area contributed by atoms with Crippen LogP contribution in [0, 0.1) is 0 Å². The van der Waals surface area contributed by atoms with Gasteiger partial charge in [-0.25, -0.2) is 0 Å². The summed E-state index contributed by atoms with van der Waals surface area (Å²) in [6.45, 7) is 0. The molecule has 0 N–H and O–H groups in total. The number of nitrogens with zero attached hydrogens (tertiary/aromatic N) is 2. The van der Waals surface area contributed by atoms with Crippen molar-refractivity contribution >= 4 is 45.7 Å². The summed E-state index contributed by atoms with van der Waals surface area (Å²) in [5.74, 6) is 2.41. The molecular weight excluding hydrogens is 528 g/mol. The van der Waals surface area contributed by atoms with Gasteiger partial charge in [-0.2, -0.15) is 0 Å². The van der Waals surface area contributed by atoms with Crippen LogP contribution >= 0.6 is 11.6 Å². The van der Waals surface area contributed by atoms with Crippen molar-refractivity contribution in [1.82, 2.24) is 0 Å². The first-order valence-electron chi connectivity index (χ1n) is 13.4. The molecule has 0 saturated heterocycles. The lowest BCUT2D eigenvalue weighted by Gasteiger charge is -2.31. The molecule has 6 aromatic carbocycles. The second-order valence-electron chi connectivity index (χ2n) is 9.60. The largest absolute Gasteiger partial charge is 0.449 e. The van der Waals surface area contributed by atoms with Crippen LogP contribution in [-0.2, 0) is 0 Å².